The molecule has 0 aliphatic carbocycles. The molecule has 18 heavy (non-hydrogen) atoms. The zero-order valence-corrected chi connectivity index (χ0v) is 10.8. The van der Waals surface area contributed by atoms with E-state index < -0.39 is 0 Å². The van der Waals surface area contributed by atoms with Gasteiger partial charge in [0.15, 0.2) is 11.5 Å². The third-order valence-electron chi connectivity index (χ3n) is 2.93. The van der Waals surface area contributed by atoms with Crippen molar-refractivity contribution < 1.29 is 4.74 Å². The number of aromatic nitrogens is 4. The van der Waals surface area contributed by atoms with Gasteiger partial charge in [-0.2, -0.15) is 11.8 Å². The summed E-state index contributed by atoms with van der Waals surface area (Å²) in [4.78, 5) is 12.4. The van der Waals surface area contributed by atoms with Crippen LogP contribution in [0.25, 0.3) is 11.2 Å². The van der Waals surface area contributed by atoms with E-state index in [1.165, 1.54) is 6.33 Å². The number of ether oxygens (including phenoxy) is 1. The van der Waals surface area contributed by atoms with Gasteiger partial charge < -0.3 is 15.0 Å². The minimum absolute atomic E-state index is 0.444. The first kappa shape index (κ1) is 11.7. The number of nitrogens with zero attached hydrogens (tertiary/aromatic N) is 4. The van der Waals surface area contributed by atoms with E-state index in [-0.39, 0.29) is 0 Å². The normalized spacial score (nSPS) is 16.0. The molecule has 3 heterocycles. The predicted molar refractivity (Wildman–Crippen MR) is 71.4 cm³/mol. The van der Waals surface area contributed by atoms with E-state index in [4.69, 9.17) is 10.5 Å². The molecule has 0 atom stereocenters. The number of imidazole rings is 1. The van der Waals surface area contributed by atoms with Gasteiger partial charge in [0.25, 0.3) is 0 Å². The Labute approximate surface area is 109 Å². The van der Waals surface area contributed by atoms with Crippen LogP contribution in [0, 0.1) is 0 Å². The summed E-state index contributed by atoms with van der Waals surface area (Å²) in [5.41, 5.74) is 7.26. The highest BCUT2D eigenvalue weighted by Crippen LogP contribution is 2.20. The van der Waals surface area contributed by atoms with E-state index >= 15 is 0 Å². The van der Waals surface area contributed by atoms with Gasteiger partial charge in [0.1, 0.15) is 11.8 Å². The summed E-state index contributed by atoms with van der Waals surface area (Å²) in [5, 5.41) is 0.697. The van der Waals surface area contributed by atoms with Gasteiger partial charge in [0, 0.05) is 6.54 Å². The summed E-state index contributed by atoms with van der Waals surface area (Å²) in [6, 6.07) is 0. The van der Waals surface area contributed by atoms with E-state index in [1.807, 2.05) is 16.3 Å². The topological polar surface area (TPSA) is 78.9 Å². The number of hydrogen-bond acceptors (Lipinski definition) is 6. The average molecular weight is 265 g/mol. The Morgan fingerprint density at radius 2 is 2.28 bits per heavy atom. The summed E-state index contributed by atoms with van der Waals surface area (Å²) in [7, 11) is 0. The maximum Gasteiger partial charge on any atom is 0.165 e. The van der Waals surface area contributed by atoms with Gasteiger partial charge >= 0.3 is 0 Å². The average Bonchev–Trinajstić information content (AvgIpc) is 2.71. The van der Waals surface area contributed by atoms with Gasteiger partial charge in [-0.15, -0.1) is 0 Å². The Kier molecular flexibility index (Phi) is 3.33. The SMILES string of the molecule is Nc1ncnc2c1ncn2CCCSC1COC1. The first-order chi connectivity index (χ1) is 8.84. The molecule has 1 saturated heterocycles. The van der Waals surface area contributed by atoms with Crippen molar-refractivity contribution in [2.75, 3.05) is 24.7 Å². The lowest BCUT2D eigenvalue weighted by Crippen LogP contribution is -2.30. The van der Waals surface area contributed by atoms with E-state index in [9.17, 15) is 0 Å². The van der Waals surface area contributed by atoms with Crippen LogP contribution in [-0.4, -0.2) is 43.7 Å². The monoisotopic (exact) mass is 265 g/mol. The van der Waals surface area contributed by atoms with Crippen LogP contribution < -0.4 is 5.73 Å². The van der Waals surface area contributed by atoms with Crippen molar-refractivity contribution in [2.24, 2.45) is 0 Å². The maximum absolute atomic E-state index is 5.74. The van der Waals surface area contributed by atoms with Crippen molar-refractivity contribution in [3.8, 4) is 0 Å². The fourth-order valence-corrected chi connectivity index (χ4v) is 2.87. The number of nitrogen functional groups attached to an aromatic ring is 1. The second-order valence-corrected chi connectivity index (χ2v) is 5.66. The molecule has 1 aliphatic rings. The molecule has 0 spiro atoms. The lowest BCUT2D eigenvalue weighted by molar-refractivity contribution is 0.0455. The van der Waals surface area contributed by atoms with Gasteiger partial charge in [0.05, 0.1) is 24.8 Å². The Morgan fingerprint density at radius 1 is 1.39 bits per heavy atom. The van der Waals surface area contributed by atoms with Crippen LogP contribution in [0.2, 0.25) is 0 Å². The number of hydrogen-bond donors (Lipinski definition) is 1. The molecule has 3 rings (SSSR count). The molecule has 2 N–H and O–H groups in total. The number of anilines is 1. The molecule has 2 aromatic heterocycles. The van der Waals surface area contributed by atoms with Crippen molar-refractivity contribution >= 4 is 28.7 Å². The molecule has 0 unspecified atom stereocenters. The number of aryl methyl sites for hydroxylation is 1. The molecule has 6 nitrogen and oxygen atoms in total. The lowest BCUT2D eigenvalue weighted by Gasteiger charge is -2.25. The molecule has 0 aromatic carbocycles. The van der Waals surface area contributed by atoms with Gasteiger partial charge in [-0.1, -0.05) is 0 Å². The van der Waals surface area contributed by atoms with Crippen molar-refractivity contribution in [3.63, 3.8) is 0 Å². The van der Waals surface area contributed by atoms with Crippen molar-refractivity contribution in [1.82, 2.24) is 19.5 Å². The van der Waals surface area contributed by atoms with Crippen molar-refractivity contribution in [1.29, 1.82) is 0 Å². The highest BCUT2D eigenvalue weighted by molar-refractivity contribution is 8.00. The lowest BCUT2D eigenvalue weighted by atomic mass is 10.4. The molecular weight excluding hydrogens is 250 g/mol. The van der Waals surface area contributed by atoms with Gasteiger partial charge in [0.2, 0.25) is 0 Å². The molecule has 1 fully saturated rings. The Balaban J connectivity index is 1.58. The summed E-state index contributed by atoms with van der Waals surface area (Å²) in [5.74, 6) is 1.58. The molecule has 0 saturated carbocycles. The third-order valence-corrected chi connectivity index (χ3v) is 4.20. The zero-order chi connectivity index (χ0) is 12.4. The van der Waals surface area contributed by atoms with E-state index in [0.717, 1.165) is 37.6 Å². The molecule has 7 heteroatoms. The molecule has 0 amide bonds. The first-order valence-electron chi connectivity index (χ1n) is 5.95. The standard InChI is InChI=1S/C11H15N5OS/c12-10-9-11(14-6-13-10)16(7-15-9)2-1-3-18-8-4-17-5-8/h6-8H,1-5H2,(H2,12,13,14). The number of nitrogens with two attached hydrogens (primary N) is 1. The van der Waals surface area contributed by atoms with Crippen LogP contribution >= 0.6 is 11.8 Å². The Hall–Kier alpha value is -1.34. The minimum Gasteiger partial charge on any atom is -0.382 e. The highest BCUT2D eigenvalue weighted by Gasteiger charge is 2.17. The van der Waals surface area contributed by atoms with Crippen LogP contribution in [-0.2, 0) is 11.3 Å². The number of fused-ring (bicyclic) bond motifs is 1. The van der Waals surface area contributed by atoms with E-state index in [2.05, 4.69) is 15.0 Å². The quantitative estimate of drug-likeness (QED) is 0.810. The summed E-state index contributed by atoms with van der Waals surface area (Å²) in [6.45, 7) is 2.72. The minimum atomic E-state index is 0.444. The fraction of sp³-hybridized carbons (Fsp3) is 0.545. The van der Waals surface area contributed by atoms with Crippen LogP contribution in [0.1, 0.15) is 6.42 Å². The Morgan fingerprint density at radius 3 is 3.06 bits per heavy atom. The first-order valence-corrected chi connectivity index (χ1v) is 7.00. The Bertz CT molecular complexity index is 539. The second-order valence-electron chi connectivity index (χ2n) is 4.25. The third kappa shape index (κ3) is 2.28. The van der Waals surface area contributed by atoms with Crippen LogP contribution in [0.4, 0.5) is 5.82 Å². The smallest absolute Gasteiger partial charge is 0.165 e. The molecule has 96 valence electrons. The fourth-order valence-electron chi connectivity index (χ4n) is 1.86. The number of thioether (sulfide) groups is 1. The largest absolute Gasteiger partial charge is 0.382 e. The second kappa shape index (κ2) is 5.11. The van der Waals surface area contributed by atoms with Crippen LogP contribution in [0.3, 0.4) is 0 Å². The molecule has 0 radical (unpaired) electrons. The van der Waals surface area contributed by atoms with E-state index in [0.29, 0.717) is 16.6 Å². The number of rotatable bonds is 5. The summed E-state index contributed by atoms with van der Waals surface area (Å²) >= 11 is 1.98. The van der Waals surface area contributed by atoms with Crippen molar-refractivity contribution in [2.45, 2.75) is 18.2 Å². The zero-order valence-electron chi connectivity index (χ0n) is 9.95. The van der Waals surface area contributed by atoms with Gasteiger partial charge in [-0.05, 0) is 12.2 Å². The molecule has 0 bridgehead atoms. The molecule has 2 aromatic rings. The summed E-state index contributed by atoms with van der Waals surface area (Å²) in [6.07, 6.45) is 4.36. The molecular formula is C11H15N5OS. The summed E-state index contributed by atoms with van der Waals surface area (Å²) < 4.78 is 7.17. The maximum atomic E-state index is 5.74. The molecule has 1 aliphatic heterocycles. The van der Waals surface area contributed by atoms with Gasteiger partial charge in [-0.25, -0.2) is 15.0 Å². The van der Waals surface area contributed by atoms with Crippen molar-refractivity contribution in [3.05, 3.63) is 12.7 Å². The van der Waals surface area contributed by atoms with Crippen LogP contribution in [0.15, 0.2) is 12.7 Å². The predicted octanol–water partition coefficient (Wildman–Crippen LogP) is 0.931. The van der Waals surface area contributed by atoms with Gasteiger partial charge in [-0.3, -0.25) is 0 Å². The van der Waals surface area contributed by atoms with Crippen LogP contribution in [0.5, 0.6) is 0 Å². The highest BCUT2D eigenvalue weighted by atomic mass is 32.2. The van der Waals surface area contributed by atoms with E-state index in [1.54, 1.807) is 6.33 Å².